The fourth-order valence-corrected chi connectivity index (χ4v) is 2.71. The van der Waals surface area contributed by atoms with Gasteiger partial charge in [-0.15, -0.1) is 0 Å². The number of hydrogen-bond donors (Lipinski definition) is 0. The summed E-state index contributed by atoms with van der Waals surface area (Å²) >= 11 is 5.89. The zero-order valence-corrected chi connectivity index (χ0v) is 13.9. The molecule has 0 bridgehead atoms. The Balaban J connectivity index is 2.13. The van der Waals surface area contributed by atoms with E-state index in [4.69, 9.17) is 16.1 Å². The van der Waals surface area contributed by atoms with E-state index in [1.807, 2.05) is 20.0 Å². The SMILES string of the molecule is CCc1onc(C)c1-c1cn(C)nc1C(=O)c1ccc(Cl)cc1. The molecule has 0 saturated carbocycles. The topological polar surface area (TPSA) is 60.9 Å². The summed E-state index contributed by atoms with van der Waals surface area (Å²) in [5, 5.41) is 8.95. The van der Waals surface area contributed by atoms with Gasteiger partial charge in [-0.2, -0.15) is 5.10 Å². The Labute approximate surface area is 138 Å². The van der Waals surface area contributed by atoms with Crippen molar-refractivity contribution in [1.29, 1.82) is 0 Å². The molecule has 1 aromatic carbocycles. The number of hydrogen-bond acceptors (Lipinski definition) is 4. The molecule has 0 N–H and O–H groups in total. The Morgan fingerprint density at radius 1 is 1.30 bits per heavy atom. The van der Waals surface area contributed by atoms with E-state index in [2.05, 4.69) is 10.3 Å². The first-order valence-corrected chi connectivity index (χ1v) is 7.68. The lowest BCUT2D eigenvalue weighted by atomic mass is 9.99. The molecule has 2 aromatic heterocycles. The number of ketones is 1. The van der Waals surface area contributed by atoms with Crippen LogP contribution in [0, 0.1) is 6.92 Å². The van der Waals surface area contributed by atoms with Gasteiger partial charge in [0.1, 0.15) is 11.5 Å². The third-order valence-electron chi connectivity index (χ3n) is 3.67. The Morgan fingerprint density at radius 3 is 2.65 bits per heavy atom. The Morgan fingerprint density at radius 2 is 2.00 bits per heavy atom. The quantitative estimate of drug-likeness (QED) is 0.682. The van der Waals surface area contributed by atoms with Crippen molar-refractivity contribution < 1.29 is 9.32 Å². The van der Waals surface area contributed by atoms with Crippen LogP contribution in [-0.4, -0.2) is 20.7 Å². The summed E-state index contributed by atoms with van der Waals surface area (Å²) in [4.78, 5) is 12.8. The van der Waals surface area contributed by atoms with Gasteiger partial charge in [-0.3, -0.25) is 9.48 Å². The molecule has 23 heavy (non-hydrogen) atoms. The van der Waals surface area contributed by atoms with Crippen molar-refractivity contribution >= 4 is 17.4 Å². The Bertz CT molecular complexity index is 863. The van der Waals surface area contributed by atoms with Gasteiger partial charge in [0.25, 0.3) is 0 Å². The minimum atomic E-state index is -0.153. The molecule has 0 aliphatic carbocycles. The van der Waals surface area contributed by atoms with Crippen molar-refractivity contribution in [1.82, 2.24) is 14.9 Å². The zero-order valence-electron chi connectivity index (χ0n) is 13.1. The summed E-state index contributed by atoms with van der Waals surface area (Å²) in [5.41, 5.74) is 3.26. The number of rotatable bonds is 4. The van der Waals surface area contributed by atoms with E-state index in [-0.39, 0.29) is 5.78 Å². The fraction of sp³-hybridized carbons (Fsp3) is 0.235. The lowest BCUT2D eigenvalue weighted by Crippen LogP contribution is -2.05. The van der Waals surface area contributed by atoms with Gasteiger partial charge < -0.3 is 4.52 Å². The molecule has 0 saturated heterocycles. The average molecular weight is 330 g/mol. The minimum Gasteiger partial charge on any atom is -0.360 e. The first-order valence-electron chi connectivity index (χ1n) is 7.30. The Hall–Kier alpha value is -2.40. The van der Waals surface area contributed by atoms with Gasteiger partial charge in [-0.1, -0.05) is 23.7 Å². The molecule has 6 heteroatoms. The lowest BCUT2D eigenvalue weighted by molar-refractivity contribution is 0.103. The number of carbonyl (C=O) groups is 1. The molecule has 0 atom stereocenters. The van der Waals surface area contributed by atoms with Crippen LogP contribution in [0.4, 0.5) is 0 Å². The molecule has 0 amide bonds. The molecule has 5 nitrogen and oxygen atoms in total. The molecule has 2 heterocycles. The first-order chi connectivity index (χ1) is 11.0. The van der Waals surface area contributed by atoms with Gasteiger partial charge in [0.05, 0.1) is 11.3 Å². The molecular formula is C17H16ClN3O2. The molecule has 0 radical (unpaired) electrons. The van der Waals surface area contributed by atoms with Crippen molar-refractivity contribution in [2.45, 2.75) is 20.3 Å². The second kappa shape index (κ2) is 6.01. The zero-order chi connectivity index (χ0) is 16.6. The van der Waals surface area contributed by atoms with Crippen molar-refractivity contribution in [3.05, 3.63) is 58.2 Å². The third-order valence-corrected chi connectivity index (χ3v) is 3.93. The second-order valence-corrected chi connectivity index (χ2v) is 5.76. The maximum Gasteiger partial charge on any atom is 0.213 e. The predicted molar refractivity (Wildman–Crippen MR) is 87.7 cm³/mol. The predicted octanol–water partition coefficient (Wildman–Crippen LogP) is 3.83. The first kappa shape index (κ1) is 15.5. The van der Waals surface area contributed by atoms with Gasteiger partial charge in [-0.05, 0) is 31.2 Å². The van der Waals surface area contributed by atoms with Crippen LogP contribution in [0.15, 0.2) is 35.0 Å². The van der Waals surface area contributed by atoms with E-state index in [1.165, 1.54) is 0 Å². The number of halogens is 1. The highest BCUT2D eigenvalue weighted by Gasteiger charge is 2.24. The van der Waals surface area contributed by atoms with Gasteiger partial charge in [0, 0.05) is 35.8 Å². The van der Waals surface area contributed by atoms with Crippen LogP contribution in [0.1, 0.15) is 34.4 Å². The van der Waals surface area contributed by atoms with Crippen molar-refractivity contribution in [2.75, 3.05) is 0 Å². The number of nitrogens with zero attached hydrogens (tertiary/aromatic N) is 3. The highest BCUT2D eigenvalue weighted by molar-refractivity contribution is 6.30. The normalized spacial score (nSPS) is 11.0. The van der Waals surface area contributed by atoms with E-state index in [1.54, 1.807) is 36.0 Å². The van der Waals surface area contributed by atoms with Gasteiger partial charge >= 0.3 is 0 Å². The number of aromatic nitrogens is 3. The summed E-state index contributed by atoms with van der Waals surface area (Å²) in [6.45, 7) is 3.85. The molecule has 0 spiro atoms. The molecule has 3 aromatic rings. The fourth-order valence-electron chi connectivity index (χ4n) is 2.58. The average Bonchev–Trinajstić information content (AvgIpc) is 3.09. The van der Waals surface area contributed by atoms with E-state index in [0.29, 0.717) is 22.7 Å². The van der Waals surface area contributed by atoms with Gasteiger partial charge in [0.15, 0.2) is 0 Å². The highest BCUT2D eigenvalue weighted by atomic mass is 35.5. The molecular weight excluding hydrogens is 314 g/mol. The van der Waals surface area contributed by atoms with E-state index < -0.39 is 0 Å². The largest absolute Gasteiger partial charge is 0.360 e. The van der Waals surface area contributed by atoms with Crippen LogP contribution >= 0.6 is 11.6 Å². The maximum atomic E-state index is 12.8. The second-order valence-electron chi connectivity index (χ2n) is 5.32. The summed E-state index contributed by atoms with van der Waals surface area (Å²) in [7, 11) is 1.79. The molecule has 118 valence electrons. The van der Waals surface area contributed by atoms with Crippen LogP contribution in [0.3, 0.4) is 0 Å². The summed E-state index contributed by atoms with van der Waals surface area (Å²) in [6, 6.07) is 6.79. The van der Waals surface area contributed by atoms with Crippen LogP contribution in [0.5, 0.6) is 0 Å². The maximum absolute atomic E-state index is 12.8. The molecule has 0 aliphatic heterocycles. The number of carbonyl (C=O) groups excluding carboxylic acids is 1. The van der Waals surface area contributed by atoms with Crippen LogP contribution in [0.2, 0.25) is 5.02 Å². The molecule has 0 unspecified atom stereocenters. The van der Waals surface area contributed by atoms with Crippen LogP contribution < -0.4 is 0 Å². The molecule has 0 fully saturated rings. The van der Waals surface area contributed by atoms with Crippen molar-refractivity contribution in [3.63, 3.8) is 0 Å². The number of benzene rings is 1. The van der Waals surface area contributed by atoms with Crippen LogP contribution in [-0.2, 0) is 13.5 Å². The van der Waals surface area contributed by atoms with Crippen molar-refractivity contribution in [2.24, 2.45) is 7.05 Å². The van der Waals surface area contributed by atoms with Gasteiger partial charge in [-0.25, -0.2) is 0 Å². The van der Waals surface area contributed by atoms with Crippen LogP contribution in [0.25, 0.3) is 11.1 Å². The van der Waals surface area contributed by atoms with Crippen molar-refractivity contribution in [3.8, 4) is 11.1 Å². The standard InChI is InChI=1S/C17H16ClN3O2/c1-4-14-15(10(2)20-23-14)13-9-21(3)19-16(13)17(22)11-5-7-12(18)8-6-11/h5-9H,4H2,1-3H3. The minimum absolute atomic E-state index is 0.153. The Kier molecular flexibility index (Phi) is 4.05. The van der Waals surface area contributed by atoms with Gasteiger partial charge in [0.2, 0.25) is 5.78 Å². The highest BCUT2D eigenvalue weighted by Crippen LogP contribution is 2.31. The smallest absolute Gasteiger partial charge is 0.213 e. The summed E-state index contributed by atoms with van der Waals surface area (Å²) in [6.07, 6.45) is 2.52. The lowest BCUT2D eigenvalue weighted by Gasteiger charge is -2.03. The van der Waals surface area contributed by atoms with E-state index >= 15 is 0 Å². The number of aryl methyl sites for hydroxylation is 3. The molecule has 0 aliphatic rings. The monoisotopic (exact) mass is 329 g/mol. The summed E-state index contributed by atoms with van der Waals surface area (Å²) in [5.74, 6) is 0.598. The van der Waals surface area contributed by atoms with E-state index in [0.717, 1.165) is 22.6 Å². The third kappa shape index (κ3) is 2.80. The summed E-state index contributed by atoms with van der Waals surface area (Å²) < 4.78 is 6.98. The van der Waals surface area contributed by atoms with E-state index in [9.17, 15) is 4.79 Å². The molecule has 3 rings (SSSR count).